The molecule has 1 unspecified atom stereocenters. The first-order valence-corrected chi connectivity index (χ1v) is 3.34. The van der Waals surface area contributed by atoms with Crippen molar-refractivity contribution in [2.24, 2.45) is 5.73 Å². The van der Waals surface area contributed by atoms with E-state index in [0.717, 1.165) is 24.1 Å². The molecule has 0 amide bonds. The summed E-state index contributed by atoms with van der Waals surface area (Å²) in [7, 11) is 0. The minimum absolute atomic E-state index is 0.0112. The summed E-state index contributed by atoms with van der Waals surface area (Å²) in [5.41, 5.74) is 7.39. The summed E-state index contributed by atoms with van der Waals surface area (Å²) in [6.45, 7) is 0. The maximum atomic E-state index is 10.9. The summed E-state index contributed by atoms with van der Waals surface area (Å²) in [5, 5.41) is 5.28. The summed E-state index contributed by atoms with van der Waals surface area (Å²) >= 11 is 0. The van der Waals surface area contributed by atoms with E-state index in [2.05, 4.69) is 10.2 Å². The fourth-order valence-corrected chi connectivity index (χ4v) is 1.41. The van der Waals surface area contributed by atoms with Gasteiger partial charge in [0.1, 0.15) is 0 Å². The zero-order chi connectivity index (χ0) is 7.14. The molecule has 2 rings (SSSR count). The normalized spacial score (nSPS) is 23.1. The first-order valence-electron chi connectivity index (χ1n) is 3.34. The van der Waals surface area contributed by atoms with Crippen molar-refractivity contribution in [3.63, 3.8) is 0 Å². The molecular formula is C6H9N3O. The van der Waals surface area contributed by atoms with Gasteiger partial charge >= 0.3 is 0 Å². The Morgan fingerprint density at radius 1 is 1.50 bits per heavy atom. The number of aromatic amines is 2. The van der Waals surface area contributed by atoms with E-state index in [0.29, 0.717) is 0 Å². The van der Waals surface area contributed by atoms with Crippen LogP contribution in [0.25, 0.3) is 0 Å². The lowest BCUT2D eigenvalue weighted by atomic mass is 10.3. The Balaban J connectivity index is 2.63. The molecule has 4 heteroatoms. The Hall–Kier alpha value is -1.03. The predicted octanol–water partition coefficient (Wildman–Crippen LogP) is -0.351. The SMILES string of the molecule is NC1CCc2c1[nH][nH]c2=O. The molecular weight excluding hydrogens is 130 g/mol. The number of rotatable bonds is 0. The maximum Gasteiger partial charge on any atom is 0.267 e. The summed E-state index contributed by atoms with van der Waals surface area (Å²) in [6, 6.07) is 0.0361. The van der Waals surface area contributed by atoms with E-state index in [4.69, 9.17) is 5.73 Å². The van der Waals surface area contributed by atoms with E-state index in [1.165, 1.54) is 0 Å². The van der Waals surface area contributed by atoms with Crippen molar-refractivity contribution < 1.29 is 0 Å². The average molecular weight is 139 g/mol. The van der Waals surface area contributed by atoms with Crippen LogP contribution in [-0.2, 0) is 6.42 Å². The minimum atomic E-state index is -0.0112. The highest BCUT2D eigenvalue weighted by molar-refractivity contribution is 5.24. The zero-order valence-corrected chi connectivity index (χ0v) is 5.48. The lowest BCUT2D eigenvalue weighted by Crippen LogP contribution is -2.06. The summed E-state index contributed by atoms with van der Waals surface area (Å²) in [6.07, 6.45) is 1.71. The van der Waals surface area contributed by atoms with Gasteiger partial charge in [-0.3, -0.25) is 9.89 Å². The quantitative estimate of drug-likeness (QED) is 0.459. The highest BCUT2D eigenvalue weighted by atomic mass is 16.1. The van der Waals surface area contributed by atoms with Crippen LogP contribution in [0.1, 0.15) is 23.7 Å². The van der Waals surface area contributed by atoms with Gasteiger partial charge in [-0.25, -0.2) is 0 Å². The van der Waals surface area contributed by atoms with Crippen molar-refractivity contribution in [1.29, 1.82) is 0 Å². The van der Waals surface area contributed by atoms with Crippen LogP contribution in [0.5, 0.6) is 0 Å². The van der Waals surface area contributed by atoms with Crippen molar-refractivity contribution in [3.05, 3.63) is 21.6 Å². The molecule has 0 fully saturated rings. The van der Waals surface area contributed by atoms with Gasteiger partial charge in [-0.2, -0.15) is 0 Å². The highest BCUT2D eigenvalue weighted by Gasteiger charge is 2.22. The number of nitrogens with one attached hydrogen (secondary N) is 2. The molecule has 1 aliphatic carbocycles. The Labute approximate surface area is 57.4 Å². The second kappa shape index (κ2) is 1.73. The first-order chi connectivity index (χ1) is 4.79. The molecule has 0 aliphatic heterocycles. The molecule has 1 aromatic heterocycles. The Morgan fingerprint density at radius 2 is 2.30 bits per heavy atom. The number of fused-ring (bicyclic) bond motifs is 1. The van der Waals surface area contributed by atoms with Crippen molar-refractivity contribution in [2.45, 2.75) is 18.9 Å². The second-order valence-electron chi connectivity index (χ2n) is 2.62. The molecule has 4 N–H and O–H groups in total. The molecule has 1 atom stereocenters. The minimum Gasteiger partial charge on any atom is -0.323 e. The molecule has 0 saturated carbocycles. The van der Waals surface area contributed by atoms with Crippen molar-refractivity contribution in [3.8, 4) is 0 Å². The van der Waals surface area contributed by atoms with Crippen LogP contribution in [-0.4, -0.2) is 10.2 Å². The van der Waals surface area contributed by atoms with Gasteiger partial charge in [0.25, 0.3) is 5.56 Å². The molecule has 54 valence electrons. The summed E-state index contributed by atoms with van der Waals surface area (Å²) < 4.78 is 0. The third kappa shape index (κ3) is 0.565. The highest BCUT2D eigenvalue weighted by Crippen LogP contribution is 2.23. The van der Waals surface area contributed by atoms with E-state index >= 15 is 0 Å². The van der Waals surface area contributed by atoms with E-state index in [9.17, 15) is 4.79 Å². The van der Waals surface area contributed by atoms with Gasteiger partial charge in [-0.1, -0.05) is 0 Å². The lowest BCUT2D eigenvalue weighted by molar-refractivity contribution is 0.683. The molecule has 0 bridgehead atoms. The van der Waals surface area contributed by atoms with E-state index in [-0.39, 0.29) is 11.6 Å². The Kier molecular flexibility index (Phi) is 0.990. The third-order valence-electron chi connectivity index (χ3n) is 1.99. The predicted molar refractivity (Wildman–Crippen MR) is 36.7 cm³/mol. The second-order valence-corrected chi connectivity index (χ2v) is 2.62. The van der Waals surface area contributed by atoms with Gasteiger partial charge in [0.15, 0.2) is 0 Å². The smallest absolute Gasteiger partial charge is 0.267 e. The summed E-state index contributed by atoms with van der Waals surface area (Å²) in [4.78, 5) is 10.9. The van der Waals surface area contributed by atoms with Gasteiger partial charge in [0, 0.05) is 11.6 Å². The van der Waals surface area contributed by atoms with Crippen LogP contribution in [0.2, 0.25) is 0 Å². The first kappa shape index (κ1) is 5.73. The van der Waals surface area contributed by atoms with Crippen LogP contribution in [0.15, 0.2) is 4.79 Å². The average Bonchev–Trinajstić information content (AvgIpc) is 2.41. The van der Waals surface area contributed by atoms with E-state index in [1.807, 2.05) is 0 Å². The van der Waals surface area contributed by atoms with Crippen LogP contribution in [0, 0.1) is 0 Å². The third-order valence-corrected chi connectivity index (χ3v) is 1.99. The van der Waals surface area contributed by atoms with E-state index < -0.39 is 0 Å². The maximum absolute atomic E-state index is 10.9. The Morgan fingerprint density at radius 3 is 3.00 bits per heavy atom. The molecule has 10 heavy (non-hydrogen) atoms. The molecule has 0 spiro atoms. The lowest BCUT2D eigenvalue weighted by Gasteiger charge is -1.97. The van der Waals surface area contributed by atoms with Crippen LogP contribution >= 0.6 is 0 Å². The zero-order valence-electron chi connectivity index (χ0n) is 5.48. The van der Waals surface area contributed by atoms with Gasteiger partial charge in [-0.15, -0.1) is 0 Å². The van der Waals surface area contributed by atoms with Crippen LogP contribution in [0.3, 0.4) is 0 Å². The van der Waals surface area contributed by atoms with Crippen molar-refractivity contribution in [1.82, 2.24) is 10.2 Å². The fourth-order valence-electron chi connectivity index (χ4n) is 1.41. The van der Waals surface area contributed by atoms with Crippen molar-refractivity contribution in [2.75, 3.05) is 0 Å². The summed E-state index contributed by atoms with van der Waals surface area (Å²) in [5.74, 6) is 0. The number of hydrogen-bond donors (Lipinski definition) is 3. The molecule has 0 saturated heterocycles. The number of aromatic nitrogens is 2. The molecule has 1 aliphatic rings. The van der Waals surface area contributed by atoms with Gasteiger partial charge in [0.2, 0.25) is 0 Å². The number of nitrogens with two attached hydrogens (primary N) is 1. The number of hydrogen-bond acceptors (Lipinski definition) is 2. The molecule has 0 aromatic carbocycles. The monoisotopic (exact) mass is 139 g/mol. The molecule has 4 nitrogen and oxygen atoms in total. The van der Waals surface area contributed by atoms with E-state index in [1.54, 1.807) is 0 Å². The molecule has 1 aromatic rings. The Bertz CT molecular complexity index is 298. The van der Waals surface area contributed by atoms with Gasteiger partial charge in [-0.05, 0) is 12.8 Å². The topological polar surface area (TPSA) is 74.7 Å². The van der Waals surface area contributed by atoms with Crippen LogP contribution < -0.4 is 11.3 Å². The standard InChI is InChI=1S/C6H9N3O/c7-4-2-1-3-5(4)8-9-6(3)10/h4H,1-2,7H2,(H2,8,9,10). The largest absolute Gasteiger partial charge is 0.323 e. The van der Waals surface area contributed by atoms with Gasteiger partial charge in [0.05, 0.1) is 5.69 Å². The molecule has 0 radical (unpaired) electrons. The van der Waals surface area contributed by atoms with Crippen molar-refractivity contribution >= 4 is 0 Å². The number of H-pyrrole nitrogens is 2. The molecule has 1 heterocycles. The van der Waals surface area contributed by atoms with Crippen LogP contribution in [0.4, 0.5) is 0 Å². The fraction of sp³-hybridized carbons (Fsp3) is 0.500. The van der Waals surface area contributed by atoms with Gasteiger partial charge < -0.3 is 10.8 Å².